The normalized spacial score (nSPS) is 25.9. The van der Waals surface area contributed by atoms with Crippen LogP contribution in [-0.4, -0.2) is 27.5 Å². The molecule has 3 rings (SSSR count). The third-order valence-electron chi connectivity index (χ3n) is 4.10. The van der Waals surface area contributed by atoms with Crippen molar-refractivity contribution in [3.63, 3.8) is 0 Å². The minimum atomic E-state index is -3.30. The van der Waals surface area contributed by atoms with Crippen LogP contribution in [0, 0.1) is 11.8 Å². The van der Waals surface area contributed by atoms with E-state index in [1.165, 1.54) is 24.2 Å². The molecule has 2 fully saturated rings. The van der Waals surface area contributed by atoms with Crippen molar-refractivity contribution in [1.82, 2.24) is 10.0 Å². The average molecular weight is 314 g/mol. The minimum absolute atomic E-state index is 0.451. The molecule has 0 aliphatic heterocycles. The fourth-order valence-corrected chi connectivity index (χ4v) is 4.79. The highest BCUT2D eigenvalue weighted by Gasteiger charge is 2.33. The van der Waals surface area contributed by atoms with Gasteiger partial charge in [-0.2, -0.15) is 0 Å². The number of thiophene rings is 1. The fourth-order valence-electron chi connectivity index (χ4n) is 2.30. The number of rotatable bonds is 8. The van der Waals surface area contributed by atoms with Gasteiger partial charge in [0.2, 0.25) is 10.0 Å². The summed E-state index contributed by atoms with van der Waals surface area (Å²) in [5.41, 5.74) is 0. The summed E-state index contributed by atoms with van der Waals surface area (Å²) < 4.78 is 27.5. The topological polar surface area (TPSA) is 58.2 Å². The number of nitrogens with one attached hydrogen (secondary N) is 2. The van der Waals surface area contributed by atoms with Crippen molar-refractivity contribution in [2.24, 2.45) is 11.8 Å². The fraction of sp³-hybridized carbons (Fsp3) is 0.714. The van der Waals surface area contributed by atoms with E-state index in [1.54, 1.807) is 6.07 Å². The van der Waals surface area contributed by atoms with E-state index in [0.717, 1.165) is 24.3 Å². The summed E-state index contributed by atoms with van der Waals surface area (Å²) in [5, 5.41) is 3.45. The molecule has 2 atom stereocenters. The van der Waals surface area contributed by atoms with Gasteiger partial charge in [-0.1, -0.05) is 6.92 Å². The molecule has 0 aromatic carbocycles. The van der Waals surface area contributed by atoms with Gasteiger partial charge in [-0.05, 0) is 49.7 Å². The van der Waals surface area contributed by atoms with Gasteiger partial charge in [-0.3, -0.25) is 0 Å². The minimum Gasteiger partial charge on any atom is -0.314 e. The van der Waals surface area contributed by atoms with Gasteiger partial charge in [0.05, 0.1) is 0 Å². The molecule has 20 heavy (non-hydrogen) atoms. The van der Waals surface area contributed by atoms with E-state index in [1.807, 2.05) is 6.07 Å². The Kier molecular flexibility index (Phi) is 4.17. The first-order valence-corrected chi connectivity index (χ1v) is 9.66. The molecule has 2 unspecified atom stereocenters. The summed E-state index contributed by atoms with van der Waals surface area (Å²) >= 11 is 1.39. The van der Waals surface area contributed by atoms with Crippen LogP contribution in [0.3, 0.4) is 0 Å². The Morgan fingerprint density at radius 3 is 2.75 bits per heavy atom. The summed E-state index contributed by atoms with van der Waals surface area (Å²) in [4.78, 5) is 1.14. The predicted octanol–water partition coefficient (Wildman–Crippen LogP) is 1.98. The zero-order valence-electron chi connectivity index (χ0n) is 11.8. The third kappa shape index (κ3) is 3.81. The maximum absolute atomic E-state index is 12.2. The molecule has 6 heteroatoms. The second kappa shape index (κ2) is 5.75. The van der Waals surface area contributed by atoms with Crippen molar-refractivity contribution in [3.05, 3.63) is 17.0 Å². The van der Waals surface area contributed by atoms with Gasteiger partial charge in [-0.25, -0.2) is 13.1 Å². The Morgan fingerprint density at radius 1 is 1.35 bits per heavy atom. The quantitative estimate of drug-likeness (QED) is 0.771. The van der Waals surface area contributed by atoms with Gasteiger partial charge in [0.15, 0.2) is 0 Å². The molecule has 0 radical (unpaired) electrons. The van der Waals surface area contributed by atoms with Crippen LogP contribution in [0.2, 0.25) is 0 Å². The number of sulfonamides is 1. The monoisotopic (exact) mass is 314 g/mol. The molecule has 0 amide bonds. The van der Waals surface area contributed by atoms with Crippen molar-refractivity contribution in [2.45, 2.75) is 42.9 Å². The van der Waals surface area contributed by atoms with Gasteiger partial charge >= 0.3 is 0 Å². The Morgan fingerprint density at radius 2 is 2.10 bits per heavy atom. The number of hydrogen-bond donors (Lipinski definition) is 2. The lowest BCUT2D eigenvalue weighted by molar-refractivity contribution is 0.576. The van der Waals surface area contributed by atoms with E-state index in [2.05, 4.69) is 17.0 Å². The van der Waals surface area contributed by atoms with Crippen molar-refractivity contribution in [1.29, 1.82) is 0 Å². The zero-order chi connectivity index (χ0) is 14.2. The standard InChI is InChI=1S/C14H22N2O2S2/c1-10-8-11(10)9-16-20(17,18)14-5-4-13(19-14)6-7-15-12-2-3-12/h4-5,10-12,15-16H,2-3,6-9H2,1H3. The third-order valence-corrected chi connectivity index (χ3v) is 7.16. The lowest BCUT2D eigenvalue weighted by Gasteiger charge is -2.03. The van der Waals surface area contributed by atoms with Crippen molar-refractivity contribution in [2.75, 3.05) is 13.1 Å². The summed E-state index contributed by atoms with van der Waals surface area (Å²) in [5.74, 6) is 1.21. The summed E-state index contributed by atoms with van der Waals surface area (Å²) in [6, 6.07) is 4.38. The molecule has 2 aliphatic carbocycles. The first kappa shape index (κ1) is 14.5. The van der Waals surface area contributed by atoms with E-state index in [0.29, 0.717) is 28.6 Å². The van der Waals surface area contributed by atoms with E-state index < -0.39 is 10.0 Å². The lowest BCUT2D eigenvalue weighted by atomic mass is 10.3. The van der Waals surface area contributed by atoms with Crippen LogP contribution < -0.4 is 10.0 Å². The molecule has 2 aliphatic rings. The van der Waals surface area contributed by atoms with Crippen LogP contribution in [0.4, 0.5) is 0 Å². The Bertz CT molecular complexity index is 563. The molecular weight excluding hydrogens is 292 g/mol. The maximum Gasteiger partial charge on any atom is 0.250 e. The zero-order valence-corrected chi connectivity index (χ0v) is 13.4. The molecule has 0 spiro atoms. The van der Waals surface area contributed by atoms with Gasteiger partial charge < -0.3 is 5.32 Å². The molecule has 0 saturated heterocycles. The molecule has 1 aromatic heterocycles. The maximum atomic E-state index is 12.2. The van der Waals surface area contributed by atoms with E-state index in [4.69, 9.17) is 0 Å². The van der Waals surface area contributed by atoms with Gasteiger partial charge in [0, 0.05) is 24.0 Å². The molecular formula is C14H22N2O2S2. The van der Waals surface area contributed by atoms with Gasteiger partial charge in [0.1, 0.15) is 4.21 Å². The van der Waals surface area contributed by atoms with Crippen LogP contribution in [0.15, 0.2) is 16.3 Å². The molecule has 2 N–H and O–H groups in total. The summed E-state index contributed by atoms with van der Waals surface area (Å²) in [6.07, 6.45) is 4.63. The van der Waals surface area contributed by atoms with E-state index in [9.17, 15) is 8.42 Å². The van der Waals surface area contributed by atoms with Crippen LogP contribution in [0.25, 0.3) is 0 Å². The first-order chi connectivity index (χ1) is 9.54. The molecule has 1 aromatic rings. The lowest BCUT2D eigenvalue weighted by Crippen LogP contribution is -2.25. The van der Waals surface area contributed by atoms with Crippen LogP contribution in [0.1, 0.15) is 31.1 Å². The van der Waals surface area contributed by atoms with Gasteiger partial charge in [0.25, 0.3) is 0 Å². The predicted molar refractivity (Wildman–Crippen MR) is 81.5 cm³/mol. The first-order valence-electron chi connectivity index (χ1n) is 7.36. The largest absolute Gasteiger partial charge is 0.314 e. The summed E-state index contributed by atoms with van der Waals surface area (Å²) in [6.45, 7) is 3.69. The highest BCUT2D eigenvalue weighted by Crippen LogP contribution is 2.37. The average Bonchev–Trinajstić information content (AvgIpc) is 3.29. The van der Waals surface area contributed by atoms with Crippen molar-refractivity contribution < 1.29 is 8.42 Å². The Balaban J connectivity index is 1.51. The van der Waals surface area contributed by atoms with Crippen LogP contribution >= 0.6 is 11.3 Å². The number of hydrogen-bond acceptors (Lipinski definition) is 4. The van der Waals surface area contributed by atoms with E-state index in [-0.39, 0.29) is 0 Å². The second-order valence-corrected chi connectivity index (χ2v) is 9.19. The van der Waals surface area contributed by atoms with Crippen molar-refractivity contribution in [3.8, 4) is 0 Å². The van der Waals surface area contributed by atoms with Gasteiger partial charge in [-0.15, -0.1) is 11.3 Å². The summed E-state index contributed by atoms with van der Waals surface area (Å²) in [7, 11) is -3.30. The molecule has 0 bridgehead atoms. The SMILES string of the molecule is CC1CC1CNS(=O)(=O)c1ccc(CCNC2CC2)s1. The Labute approximate surface area is 125 Å². The smallest absolute Gasteiger partial charge is 0.250 e. The highest BCUT2D eigenvalue weighted by atomic mass is 32.2. The van der Waals surface area contributed by atoms with Crippen LogP contribution in [0.5, 0.6) is 0 Å². The molecule has 112 valence electrons. The second-order valence-electron chi connectivity index (χ2n) is 6.02. The van der Waals surface area contributed by atoms with E-state index >= 15 is 0 Å². The van der Waals surface area contributed by atoms with Crippen molar-refractivity contribution >= 4 is 21.4 Å². The van der Waals surface area contributed by atoms with Crippen LogP contribution in [-0.2, 0) is 16.4 Å². The molecule has 1 heterocycles. The molecule has 4 nitrogen and oxygen atoms in total. The molecule has 2 saturated carbocycles. The Hall–Kier alpha value is -0.430. The highest BCUT2D eigenvalue weighted by molar-refractivity contribution is 7.91.